The number of aliphatic hydroxyl groups excluding tert-OH is 1. The van der Waals surface area contributed by atoms with E-state index in [9.17, 15) is 9.59 Å². The third-order valence-corrected chi connectivity index (χ3v) is 2.41. The van der Waals surface area contributed by atoms with Gasteiger partial charge in [-0.05, 0) is 18.1 Å². The fraction of sp³-hybridized carbons (Fsp3) is 0.417. The van der Waals surface area contributed by atoms with Crippen LogP contribution in [0.4, 0.5) is 4.79 Å². The van der Waals surface area contributed by atoms with Crippen molar-refractivity contribution in [1.82, 2.24) is 15.6 Å². The molecule has 0 saturated carbocycles. The molecule has 0 unspecified atom stereocenters. The summed E-state index contributed by atoms with van der Waals surface area (Å²) in [5.74, 6) is -1.29. The average molecular weight is 267 g/mol. The van der Waals surface area contributed by atoms with Crippen LogP contribution in [0.3, 0.4) is 0 Å². The minimum absolute atomic E-state index is 0.0225. The molecule has 1 aromatic heterocycles. The second-order valence-corrected chi connectivity index (χ2v) is 3.94. The molecular formula is C12H17N3O4. The molecule has 4 N–H and O–H groups in total. The normalized spacial score (nSPS) is 11.6. The molecule has 0 aliphatic carbocycles. The van der Waals surface area contributed by atoms with Crippen molar-refractivity contribution in [1.29, 1.82) is 0 Å². The number of urea groups is 1. The van der Waals surface area contributed by atoms with E-state index in [4.69, 9.17) is 10.2 Å². The highest BCUT2D eigenvalue weighted by Gasteiger charge is 2.12. The Labute approximate surface area is 110 Å². The molecule has 0 spiro atoms. The summed E-state index contributed by atoms with van der Waals surface area (Å²) in [6, 6.07) is 3.35. The van der Waals surface area contributed by atoms with Crippen LogP contribution in [0.5, 0.6) is 0 Å². The van der Waals surface area contributed by atoms with E-state index in [1.807, 2.05) is 12.1 Å². The van der Waals surface area contributed by atoms with E-state index in [-0.39, 0.29) is 19.0 Å². The molecule has 0 saturated heterocycles. The molecule has 0 bridgehead atoms. The smallest absolute Gasteiger partial charge is 0.332 e. The largest absolute Gasteiger partial charge is 0.479 e. The van der Waals surface area contributed by atoms with Crippen LogP contribution < -0.4 is 10.6 Å². The van der Waals surface area contributed by atoms with E-state index in [0.29, 0.717) is 13.0 Å². The summed E-state index contributed by atoms with van der Waals surface area (Å²) < 4.78 is 0. The average Bonchev–Trinajstić information content (AvgIpc) is 2.39. The number of carbonyl (C=O) groups excluding carboxylic acids is 1. The molecule has 1 heterocycles. The molecule has 0 aliphatic heterocycles. The van der Waals surface area contributed by atoms with Crippen molar-refractivity contribution < 1.29 is 19.8 Å². The summed E-state index contributed by atoms with van der Waals surface area (Å²) in [4.78, 5) is 25.6. The van der Waals surface area contributed by atoms with Crippen molar-refractivity contribution >= 4 is 12.0 Å². The fourth-order valence-electron chi connectivity index (χ4n) is 1.37. The Morgan fingerprint density at radius 1 is 1.32 bits per heavy atom. The predicted octanol–water partition coefficient (Wildman–Crippen LogP) is -0.241. The van der Waals surface area contributed by atoms with E-state index in [2.05, 4.69) is 15.6 Å². The molecule has 19 heavy (non-hydrogen) atoms. The number of aliphatic carboxylic acids is 1. The lowest BCUT2D eigenvalue weighted by Crippen LogP contribution is -2.38. The van der Waals surface area contributed by atoms with E-state index in [1.165, 1.54) is 0 Å². The third-order valence-electron chi connectivity index (χ3n) is 2.41. The van der Waals surface area contributed by atoms with Crippen molar-refractivity contribution in [3.63, 3.8) is 0 Å². The van der Waals surface area contributed by atoms with Crippen LogP contribution in [-0.4, -0.2) is 46.4 Å². The van der Waals surface area contributed by atoms with Crippen LogP contribution in [-0.2, 0) is 11.2 Å². The number of nitrogens with one attached hydrogen (secondary N) is 2. The lowest BCUT2D eigenvalue weighted by atomic mass is 10.2. The zero-order chi connectivity index (χ0) is 14.1. The Morgan fingerprint density at radius 3 is 2.68 bits per heavy atom. The van der Waals surface area contributed by atoms with Crippen LogP contribution in [0.15, 0.2) is 24.5 Å². The van der Waals surface area contributed by atoms with E-state index < -0.39 is 12.1 Å². The maximum absolute atomic E-state index is 11.3. The van der Waals surface area contributed by atoms with Gasteiger partial charge in [0.1, 0.15) is 0 Å². The maximum Gasteiger partial charge on any atom is 0.332 e. The Kier molecular flexibility index (Phi) is 6.31. The molecule has 1 aromatic rings. The second kappa shape index (κ2) is 8.04. The highest BCUT2D eigenvalue weighted by atomic mass is 16.4. The highest BCUT2D eigenvalue weighted by Crippen LogP contribution is 1.95. The quantitative estimate of drug-likeness (QED) is 0.544. The first-order valence-electron chi connectivity index (χ1n) is 5.91. The van der Waals surface area contributed by atoms with Gasteiger partial charge in [0.2, 0.25) is 0 Å². The van der Waals surface area contributed by atoms with Gasteiger partial charge in [-0.25, -0.2) is 9.59 Å². The third kappa shape index (κ3) is 6.37. The number of hydrogen-bond acceptors (Lipinski definition) is 4. The molecule has 7 nitrogen and oxygen atoms in total. The first-order valence-corrected chi connectivity index (χ1v) is 5.91. The van der Waals surface area contributed by atoms with Gasteiger partial charge in [-0.15, -0.1) is 0 Å². The summed E-state index contributed by atoms with van der Waals surface area (Å²) >= 11 is 0. The number of rotatable bonds is 7. The highest BCUT2D eigenvalue weighted by molar-refractivity contribution is 5.74. The van der Waals surface area contributed by atoms with E-state index >= 15 is 0 Å². The van der Waals surface area contributed by atoms with Gasteiger partial charge in [0.05, 0.1) is 0 Å². The first kappa shape index (κ1) is 14.9. The zero-order valence-electron chi connectivity index (χ0n) is 10.4. The van der Waals surface area contributed by atoms with Gasteiger partial charge in [-0.3, -0.25) is 4.98 Å². The Hall–Kier alpha value is -2.15. The lowest BCUT2D eigenvalue weighted by molar-refractivity contribution is -0.146. The van der Waals surface area contributed by atoms with Crippen LogP contribution in [0, 0.1) is 0 Å². The minimum Gasteiger partial charge on any atom is -0.479 e. The van der Waals surface area contributed by atoms with Crippen LogP contribution in [0.1, 0.15) is 12.0 Å². The van der Waals surface area contributed by atoms with Gasteiger partial charge in [0, 0.05) is 31.9 Å². The number of aromatic nitrogens is 1. The Balaban J connectivity index is 2.10. The summed E-state index contributed by atoms with van der Waals surface area (Å²) in [5, 5.41) is 22.5. The Bertz CT molecular complexity index is 411. The maximum atomic E-state index is 11.3. The summed E-state index contributed by atoms with van der Waals surface area (Å²) in [6.45, 7) is 0.561. The fourth-order valence-corrected chi connectivity index (χ4v) is 1.37. The molecule has 7 heteroatoms. The molecule has 0 aromatic carbocycles. The molecule has 0 radical (unpaired) electrons. The molecule has 104 valence electrons. The van der Waals surface area contributed by atoms with Gasteiger partial charge in [0.25, 0.3) is 0 Å². The standard InChI is InChI=1S/C12H17N3O4/c16-10(11(17)18)4-7-15-12(19)14-6-3-9-2-1-5-13-8-9/h1-2,5,8,10,16H,3-4,6-7H2,(H,17,18)(H2,14,15,19)/t10-/m0/s1. The summed E-state index contributed by atoms with van der Waals surface area (Å²) in [5.41, 5.74) is 1.02. The van der Waals surface area contributed by atoms with Gasteiger partial charge in [-0.1, -0.05) is 6.07 Å². The van der Waals surface area contributed by atoms with Gasteiger partial charge >= 0.3 is 12.0 Å². The van der Waals surface area contributed by atoms with Crippen LogP contribution in [0.25, 0.3) is 0 Å². The minimum atomic E-state index is -1.45. The van der Waals surface area contributed by atoms with Gasteiger partial charge in [-0.2, -0.15) is 0 Å². The predicted molar refractivity (Wildman–Crippen MR) is 67.6 cm³/mol. The topological polar surface area (TPSA) is 112 Å². The van der Waals surface area contributed by atoms with Crippen LogP contribution >= 0.6 is 0 Å². The monoisotopic (exact) mass is 267 g/mol. The van der Waals surface area contributed by atoms with Crippen molar-refractivity contribution in [3.05, 3.63) is 30.1 Å². The lowest BCUT2D eigenvalue weighted by Gasteiger charge is -2.08. The number of carboxylic acids is 1. The van der Waals surface area contributed by atoms with Gasteiger partial charge in [0.15, 0.2) is 6.10 Å². The molecule has 2 amide bonds. The number of carbonyl (C=O) groups is 2. The number of aliphatic hydroxyl groups is 1. The van der Waals surface area contributed by atoms with E-state index in [0.717, 1.165) is 5.56 Å². The zero-order valence-corrected chi connectivity index (χ0v) is 10.4. The number of amides is 2. The number of hydrogen-bond donors (Lipinski definition) is 4. The molecular weight excluding hydrogens is 250 g/mol. The number of nitrogens with zero attached hydrogens (tertiary/aromatic N) is 1. The molecule has 1 rings (SSSR count). The van der Waals surface area contributed by atoms with E-state index in [1.54, 1.807) is 12.4 Å². The molecule has 0 fully saturated rings. The second-order valence-electron chi connectivity index (χ2n) is 3.94. The molecule has 0 aliphatic rings. The van der Waals surface area contributed by atoms with Crippen molar-refractivity contribution in [2.45, 2.75) is 18.9 Å². The summed E-state index contributed by atoms with van der Waals surface area (Å²) in [6.07, 6.45) is 2.60. The number of pyridine rings is 1. The summed E-state index contributed by atoms with van der Waals surface area (Å²) in [7, 11) is 0. The first-order chi connectivity index (χ1) is 9.09. The van der Waals surface area contributed by atoms with Crippen molar-refractivity contribution in [2.75, 3.05) is 13.1 Å². The van der Waals surface area contributed by atoms with Crippen LogP contribution in [0.2, 0.25) is 0 Å². The van der Waals surface area contributed by atoms with Crippen molar-refractivity contribution in [3.8, 4) is 0 Å². The number of carboxylic acid groups (broad SMARTS) is 1. The SMILES string of the molecule is O=C(NCCc1cccnc1)NCC[C@H](O)C(=O)O. The van der Waals surface area contributed by atoms with Gasteiger partial charge < -0.3 is 20.8 Å². The Morgan fingerprint density at radius 2 is 2.05 bits per heavy atom. The molecule has 1 atom stereocenters. The van der Waals surface area contributed by atoms with Crippen molar-refractivity contribution in [2.24, 2.45) is 0 Å².